The smallest absolute Gasteiger partial charge is 0.269 e. The van der Waals surface area contributed by atoms with Crippen LogP contribution in [0.3, 0.4) is 0 Å². The number of thiophene rings is 1. The van der Waals surface area contributed by atoms with E-state index in [0.717, 1.165) is 43.9 Å². The lowest BCUT2D eigenvalue weighted by molar-refractivity contribution is -0.384. The lowest BCUT2D eigenvalue weighted by Crippen LogP contribution is -2.61. The molecule has 8 heteroatoms. The standard InChI is InChI=1S/C26H28N4O3S/c31-26(27-11-10-22-7-4-14-34-22)23-16-20-15-21(30(32)33)8-9-24(20)29-13-12-28(18-25(23)29)17-19-5-2-1-3-6-19/h1-9,14-15,23,25H,10-13,16-18H2,(H,27,31). The van der Waals surface area contributed by atoms with E-state index in [1.54, 1.807) is 23.5 Å². The third kappa shape index (κ3) is 4.83. The predicted octanol–water partition coefficient (Wildman–Crippen LogP) is 3.88. The Labute approximate surface area is 203 Å². The molecule has 3 heterocycles. The highest BCUT2D eigenvalue weighted by Crippen LogP contribution is 2.38. The highest BCUT2D eigenvalue weighted by molar-refractivity contribution is 7.09. The molecule has 1 amide bonds. The van der Waals surface area contributed by atoms with Crippen molar-refractivity contribution in [3.05, 3.63) is 92.2 Å². The number of carbonyl (C=O) groups is 1. The summed E-state index contributed by atoms with van der Waals surface area (Å²) in [7, 11) is 0. The number of nitrogens with one attached hydrogen (secondary N) is 1. The number of nitrogens with zero attached hydrogens (tertiary/aromatic N) is 3. The zero-order valence-corrected chi connectivity index (χ0v) is 19.7. The van der Waals surface area contributed by atoms with Gasteiger partial charge in [0.1, 0.15) is 0 Å². The first-order valence-corrected chi connectivity index (χ1v) is 12.6. The number of benzene rings is 2. The van der Waals surface area contributed by atoms with Gasteiger partial charge in [0.25, 0.3) is 5.69 Å². The first-order chi connectivity index (χ1) is 16.6. The lowest BCUT2D eigenvalue weighted by atomic mass is 9.83. The molecule has 34 heavy (non-hydrogen) atoms. The average molecular weight is 477 g/mol. The Kier molecular flexibility index (Phi) is 6.60. The van der Waals surface area contributed by atoms with E-state index in [0.29, 0.717) is 13.0 Å². The van der Waals surface area contributed by atoms with Gasteiger partial charge < -0.3 is 10.2 Å². The summed E-state index contributed by atoms with van der Waals surface area (Å²) < 4.78 is 0. The summed E-state index contributed by atoms with van der Waals surface area (Å²) in [5.74, 6) is -0.221. The van der Waals surface area contributed by atoms with Crippen molar-refractivity contribution in [1.82, 2.24) is 10.2 Å². The molecule has 2 aliphatic rings. The van der Waals surface area contributed by atoms with Gasteiger partial charge in [0.15, 0.2) is 0 Å². The number of anilines is 1. The molecular formula is C26H28N4O3S. The topological polar surface area (TPSA) is 78.7 Å². The third-order valence-corrected chi connectivity index (χ3v) is 7.76. The third-order valence-electron chi connectivity index (χ3n) is 6.83. The molecule has 0 saturated carbocycles. The highest BCUT2D eigenvalue weighted by Gasteiger charge is 2.41. The molecule has 176 valence electrons. The van der Waals surface area contributed by atoms with Crippen molar-refractivity contribution < 1.29 is 9.72 Å². The summed E-state index contributed by atoms with van der Waals surface area (Å²) in [4.78, 5) is 30.4. The molecule has 2 atom stereocenters. The Bertz CT molecular complexity index is 1150. The SMILES string of the molecule is O=C(NCCc1cccs1)C1Cc2cc([N+](=O)[O-])ccc2N2CCN(Cc3ccccc3)CC12. The minimum Gasteiger partial charge on any atom is -0.365 e. The maximum atomic E-state index is 13.4. The van der Waals surface area contributed by atoms with Crippen LogP contribution >= 0.6 is 11.3 Å². The van der Waals surface area contributed by atoms with Crippen molar-refractivity contribution in [1.29, 1.82) is 0 Å². The summed E-state index contributed by atoms with van der Waals surface area (Å²) >= 11 is 1.69. The molecule has 1 N–H and O–H groups in total. The minimum atomic E-state index is -0.361. The monoisotopic (exact) mass is 476 g/mol. The van der Waals surface area contributed by atoms with Crippen LogP contribution in [0.1, 0.15) is 16.0 Å². The van der Waals surface area contributed by atoms with Gasteiger partial charge in [-0.15, -0.1) is 11.3 Å². The van der Waals surface area contributed by atoms with E-state index < -0.39 is 0 Å². The van der Waals surface area contributed by atoms with Crippen LogP contribution in [0.2, 0.25) is 0 Å². The van der Waals surface area contributed by atoms with E-state index in [1.807, 2.05) is 23.6 Å². The molecule has 1 aromatic heterocycles. The van der Waals surface area contributed by atoms with E-state index in [-0.39, 0.29) is 28.5 Å². The van der Waals surface area contributed by atoms with Crippen molar-refractivity contribution in [3.63, 3.8) is 0 Å². The second-order valence-corrected chi connectivity index (χ2v) is 10.0. The maximum absolute atomic E-state index is 13.4. The molecule has 0 aliphatic carbocycles. The largest absolute Gasteiger partial charge is 0.365 e. The van der Waals surface area contributed by atoms with Crippen LogP contribution in [-0.4, -0.2) is 48.0 Å². The Morgan fingerprint density at radius 2 is 1.97 bits per heavy atom. The predicted molar refractivity (Wildman–Crippen MR) is 134 cm³/mol. The minimum absolute atomic E-state index is 0.0327. The molecule has 0 spiro atoms. The van der Waals surface area contributed by atoms with E-state index >= 15 is 0 Å². The van der Waals surface area contributed by atoms with E-state index in [9.17, 15) is 14.9 Å². The summed E-state index contributed by atoms with van der Waals surface area (Å²) in [6.07, 6.45) is 1.33. The first-order valence-electron chi connectivity index (χ1n) is 11.7. The Morgan fingerprint density at radius 3 is 2.74 bits per heavy atom. The van der Waals surface area contributed by atoms with Crippen LogP contribution in [-0.2, 0) is 24.2 Å². The lowest BCUT2D eigenvalue weighted by Gasteiger charge is -2.49. The number of piperazine rings is 1. The summed E-state index contributed by atoms with van der Waals surface area (Å²) in [5.41, 5.74) is 3.26. The van der Waals surface area contributed by atoms with Crippen LogP contribution in [0.25, 0.3) is 0 Å². The molecule has 5 rings (SSSR count). The highest BCUT2D eigenvalue weighted by atomic mass is 32.1. The number of nitro benzene ring substituents is 1. The number of carbonyl (C=O) groups excluding carboxylic acids is 1. The number of non-ortho nitro benzene ring substituents is 1. The number of fused-ring (bicyclic) bond motifs is 3. The summed E-state index contributed by atoms with van der Waals surface area (Å²) in [6, 6.07) is 19.6. The zero-order valence-electron chi connectivity index (χ0n) is 18.9. The van der Waals surface area contributed by atoms with Gasteiger partial charge in [-0.05, 0) is 41.5 Å². The number of rotatable bonds is 7. The second-order valence-electron chi connectivity index (χ2n) is 8.98. The molecule has 2 aromatic carbocycles. The number of hydrogen-bond acceptors (Lipinski definition) is 6. The van der Waals surface area contributed by atoms with Crippen LogP contribution in [0.5, 0.6) is 0 Å². The van der Waals surface area contributed by atoms with Gasteiger partial charge in [-0.25, -0.2) is 0 Å². The molecular weight excluding hydrogens is 448 g/mol. The molecule has 0 radical (unpaired) electrons. The van der Waals surface area contributed by atoms with Gasteiger partial charge >= 0.3 is 0 Å². The van der Waals surface area contributed by atoms with Gasteiger partial charge in [-0.2, -0.15) is 0 Å². The molecule has 1 saturated heterocycles. The number of hydrogen-bond donors (Lipinski definition) is 1. The summed E-state index contributed by atoms with van der Waals surface area (Å²) in [5, 5.41) is 16.6. The van der Waals surface area contributed by atoms with Crippen molar-refractivity contribution in [2.45, 2.75) is 25.4 Å². The second kappa shape index (κ2) is 9.95. The molecule has 2 unspecified atom stereocenters. The fourth-order valence-corrected chi connectivity index (χ4v) is 5.87. The number of nitro groups is 1. The summed E-state index contributed by atoms with van der Waals surface area (Å²) in [6.45, 7) is 3.91. The molecule has 0 bridgehead atoms. The van der Waals surface area contributed by atoms with Gasteiger partial charge in [0, 0.05) is 55.4 Å². The fourth-order valence-electron chi connectivity index (χ4n) is 5.16. The first kappa shape index (κ1) is 22.6. The fraction of sp³-hybridized carbons (Fsp3) is 0.346. The van der Waals surface area contributed by atoms with Crippen LogP contribution in [0, 0.1) is 16.0 Å². The normalized spacial score (nSPS) is 19.8. The van der Waals surface area contributed by atoms with Gasteiger partial charge in [-0.1, -0.05) is 36.4 Å². The van der Waals surface area contributed by atoms with Gasteiger partial charge in [0.05, 0.1) is 16.9 Å². The Morgan fingerprint density at radius 1 is 1.12 bits per heavy atom. The molecule has 3 aromatic rings. The quantitative estimate of drug-likeness (QED) is 0.414. The Balaban J connectivity index is 1.36. The Hall–Kier alpha value is -3.23. The molecule has 7 nitrogen and oxygen atoms in total. The average Bonchev–Trinajstić information content (AvgIpc) is 3.37. The molecule has 1 fully saturated rings. The van der Waals surface area contributed by atoms with Gasteiger partial charge in [0.2, 0.25) is 5.91 Å². The van der Waals surface area contributed by atoms with E-state index in [1.165, 1.54) is 10.4 Å². The van der Waals surface area contributed by atoms with Crippen molar-refractivity contribution in [3.8, 4) is 0 Å². The van der Waals surface area contributed by atoms with Crippen LogP contribution < -0.4 is 10.2 Å². The number of amides is 1. The van der Waals surface area contributed by atoms with Crippen LogP contribution in [0.15, 0.2) is 66.0 Å². The van der Waals surface area contributed by atoms with Crippen LogP contribution in [0.4, 0.5) is 11.4 Å². The zero-order chi connectivity index (χ0) is 23.5. The van der Waals surface area contributed by atoms with Gasteiger partial charge in [-0.3, -0.25) is 19.8 Å². The van der Waals surface area contributed by atoms with Crippen molar-refractivity contribution in [2.24, 2.45) is 5.92 Å². The van der Waals surface area contributed by atoms with Crippen molar-refractivity contribution >= 4 is 28.6 Å². The van der Waals surface area contributed by atoms with E-state index in [2.05, 4.69) is 45.4 Å². The van der Waals surface area contributed by atoms with E-state index in [4.69, 9.17) is 0 Å². The molecule has 2 aliphatic heterocycles. The maximum Gasteiger partial charge on any atom is 0.269 e. The van der Waals surface area contributed by atoms with Crippen molar-refractivity contribution in [2.75, 3.05) is 31.1 Å².